The summed E-state index contributed by atoms with van der Waals surface area (Å²) in [4.78, 5) is 29.2. The molecule has 7 heteroatoms. The first-order valence-corrected chi connectivity index (χ1v) is 10.8. The summed E-state index contributed by atoms with van der Waals surface area (Å²) < 4.78 is 6.03. The molecule has 0 spiro atoms. The second-order valence-electron chi connectivity index (χ2n) is 8.58. The molecular weight excluding hydrogens is 404 g/mol. The third kappa shape index (κ3) is 4.11. The lowest BCUT2D eigenvalue weighted by Gasteiger charge is -2.32. The molecule has 0 amide bonds. The van der Waals surface area contributed by atoms with E-state index in [0.29, 0.717) is 23.0 Å². The van der Waals surface area contributed by atoms with Gasteiger partial charge < -0.3 is 14.8 Å². The maximum atomic E-state index is 12.8. The number of para-hydroxylation sites is 2. The minimum Gasteiger partial charge on any atom is -0.437 e. The third-order valence-electron chi connectivity index (χ3n) is 6.08. The van der Waals surface area contributed by atoms with Crippen molar-refractivity contribution in [1.29, 1.82) is 0 Å². The summed E-state index contributed by atoms with van der Waals surface area (Å²) in [7, 11) is 0. The van der Waals surface area contributed by atoms with E-state index in [9.17, 15) is 9.90 Å². The van der Waals surface area contributed by atoms with Crippen LogP contribution in [0.2, 0.25) is 0 Å². The van der Waals surface area contributed by atoms with Gasteiger partial charge in [0.1, 0.15) is 11.4 Å². The van der Waals surface area contributed by atoms with Crippen LogP contribution in [-0.2, 0) is 0 Å². The Balaban J connectivity index is 1.33. The summed E-state index contributed by atoms with van der Waals surface area (Å²) in [5, 5.41) is 10.2. The highest BCUT2D eigenvalue weighted by Crippen LogP contribution is 2.40. The highest BCUT2D eigenvalue weighted by atomic mass is 16.5. The molecule has 5 rings (SSSR count). The number of imidazole rings is 1. The predicted octanol–water partition coefficient (Wildman–Crippen LogP) is 4.78. The Labute approximate surface area is 185 Å². The average Bonchev–Trinajstić information content (AvgIpc) is 3.24. The number of nitrogens with one attached hydrogen (secondary N) is 1. The van der Waals surface area contributed by atoms with Gasteiger partial charge in [0, 0.05) is 23.9 Å². The second kappa shape index (κ2) is 8.16. The molecule has 2 N–H and O–H groups in total. The fourth-order valence-corrected chi connectivity index (χ4v) is 4.19. The number of aliphatic hydroxyl groups is 1. The van der Waals surface area contributed by atoms with E-state index >= 15 is 0 Å². The Hall–Kier alpha value is -3.58. The number of hydrogen-bond acceptors (Lipinski definition) is 6. The molecule has 0 radical (unpaired) electrons. The summed E-state index contributed by atoms with van der Waals surface area (Å²) >= 11 is 0. The number of carbonyl (C=O) groups is 1. The second-order valence-corrected chi connectivity index (χ2v) is 8.58. The number of hydrogen-bond donors (Lipinski definition) is 2. The smallest absolute Gasteiger partial charge is 0.241 e. The molecular formula is C25H24N4O3. The Bertz CT molecular complexity index is 1220. The van der Waals surface area contributed by atoms with E-state index in [-0.39, 0.29) is 11.7 Å². The predicted molar refractivity (Wildman–Crippen MR) is 120 cm³/mol. The number of benzene rings is 2. The summed E-state index contributed by atoms with van der Waals surface area (Å²) in [5.41, 5.74) is 2.31. The number of aromatic nitrogens is 4. The van der Waals surface area contributed by atoms with Gasteiger partial charge in [0.05, 0.1) is 16.6 Å². The van der Waals surface area contributed by atoms with E-state index in [0.717, 1.165) is 42.4 Å². The molecule has 2 aromatic carbocycles. The van der Waals surface area contributed by atoms with Gasteiger partial charge in [0.2, 0.25) is 11.7 Å². The lowest BCUT2D eigenvalue weighted by atomic mass is 9.78. The van der Waals surface area contributed by atoms with Crippen LogP contribution in [0.4, 0.5) is 0 Å². The molecule has 4 aromatic rings. The fourth-order valence-electron chi connectivity index (χ4n) is 4.19. The molecule has 1 aliphatic rings. The molecule has 162 valence electrons. The van der Waals surface area contributed by atoms with Crippen LogP contribution >= 0.6 is 0 Å². The molecule has 1 aliphatic carbocycles. The van der Waals surface area contributed by atoms with E-state index in [4.69, 9.17) is 4.74 Å². The molecule has 2 heterocycles. The third-order valence-corrected chi connectivity index (χ3v) is 6.08. The lowest BCUT2D eigenvalue weighted by Crippen LogP contribution is -2.30. The zero-order valence-corrected chi connectivity index (χ0v) is 17.8. The van der Waals surface area contributed by atoms with Gasteiger partial charge in [-0.05, 0) is 69.0 Å². The molecule has 7 nitrogen and oxygen atoms in total. The van der Waals surface area contributed by atoms with Gasteiger partial charge in [-0.1, -0.05) is 12.1 Å². The fraction of sp³-hybridized carbons (Fsp3) is 0.280. The van der Waals surface area contributed by atoms with Crippen LogP contribution < -0.4 is 4.74 Å². The number of aromatic amines is 1. The maximum Gasteiger partial charge on any atom is 0.241 e. The molecule has 0 aliphatic heterocycles. The summed E-state index contributed by atoms with van der Waals surface area (Å²) in [6, 6.07) is 14.5. The van der Waals surface area contributed by atoms with Crippen molar-refractivity contribution in [1.82, 2.24) is 19.9 Å². The Kier molecular flexibility index (Phi) is 5.19. The molecule has 0 atom stereocenters. The van der Waals surface area contributed by atoms with Crippen molar-refractivity contribution >= 4 is 16.8 Å². The number of ketones is 1. The van der Waals surface area contributed by atoms with Gasteiger partial charge >= 0.3 is 0 Å². The Morgan fingerprint density at radius 1 is 1.06 bits per heavy atom. The average molecular weight is 428 g/mol. The summed E-state index contributed by atoms with van der Waals surface area (Å²) in [6.07, 6.45) is 6.42. The van der Waals surface area contributed by atoms with Crippen LogP contribution in [0.25, 0.3) is 11.0 Å². The van der Waals surface area contributed by atoms with E-state index in [1.54, 1.807) is 36.7 Å². The molecule has 0 unspecified atom stereocenters. The zero-order chi connectivity index (χ0) is 22.1. The largest absolute Gasteiger partial charge is 0.437 e. The van der Waals surface area contributed by atoms with E-state index < -0.39 is 5.60 Å². The van der Waals surface area contributed by atoms with Crippen molar-refractivity contribution in [2.24, 2.45) is 0 Å². The molecule has 0 bridgehead atoms. The molecule has 1 saturated carbocycles. The van der Waals surface area contributed by atoms with Gasteiger partial charge in [0.25, 0.3) is 0 Å². The molecule has 0 saturated heterocycles. The number of rotatable bonds is 5. The van der Waals surface area contributed by atoms with Crippen molar-refractivity contribution in [2.45, 2.75) is 44.1 Å². The van der Waals surface area contributed by atoms with Crippen LogP contribution in [0.3, 0.4) is 0 Å². The minimum atomic E-state index is -0.609. The minimum absolute atomic E-state index is 0.179. The quantitative estimate of drug-likeness (QED) is 0.444. The topological polar surface area (TPSA) is 101 Å². The van der Waals surface area contributed by atoms with Crippen molar-refractivity contribution in [3.05, 3.63) is 78.0 Å². The highest BCUT2D eigenvalue weighted by Gasteiger charge is 2.31. The highest BCUT2D eigenvalue weighted by molar-refractivity contribution is 6.08. The standard InChI is InChI=1S/C25H24N4O3/c1-25(31)12-10-16(11-13-25)21-24(27-15-14-26-21)32-18-8-6-17(7-9-18)22(30)23-28-19-4-2-3-5-20(19)29-23/h2-9,14-16,31H,10-13H2,1H3,(H,28,29). The van der Waals surface area contributed by atoms with Crippen molar-refractivity contribution in [3.63, 3.8) is 0 Å². The summed E-state index contributed by atoms with van der Waals surface area (Å²) in [6.45, 7) is 1.88. The first kappa shape index (κ1) is 20.3. The Morgan fingerprint density at radius 2 is 1.78 bits per heavy atom. The van der Waals surface area contributed by atoms with Crippen LogP contribution in [0.5, 0.6) is 11.6 Å². The van der Waals surface area contributed by atoms with Gasteiger partial charge in [-0.3, -0.25) is 9.78 Å². The number of carbonyl (C=O) groups excluding carboxylic acids is 1. The van der Waals surface area contributed by atoms with E-state index in [1.807, 2.05) is 31.2 Å². The van der Waals surface area contributed by atoms with Crippen LogP contribution in [0, 0.1) is 0 Å². The van der Waals surface area contributed by atoms with Crippen LogP contribution in [0.15, 0.2) is 60.9 Å². The molecule has 2 aromatic heterocycles. The summed E-state index contributed by atoms with van der Waals surface area (Å²) in [5.74, 6) is 1.38. The number of ether oxygens (including phenoxy) is 1. The maximum absolute atomic E-state index is 12.8. The molecule has 32 heavy (non-hydrogen) atoms. The van der Waals surface area contributed by atoms with Gasteiger partial charge in [-0.15, -0.1) is 0 Å². The van der Waals surface area contributed by atoms with Crippen LogP contribution in [-0.4, -0.2) is 36.4 Å². The SMILES string of the molecule is CC1(O)CCC(c2nccnc2Oc2ccc(C(=O)c3nc4ccccc4[nH]3)cc2)CC1. The molecule has 1 fully saturated rings. The van der Waals surface area contributed by atoms with Gasteiger partial charge in [0.15, 0.2) is 5.82 Å². The van der Waals surface area contributed by atoms with Crippen molar-refractivity contribution in [3.8, 4) is 11.6 Å². The van der Waals surface area contributed by atoms with E-state index in [2.05, 4.69) is 19.9 Å². The first-order valence-electron chi connectivity index (χ1n) is 10.8. The van der Waals surface area contributed by atoms with Crippen molar-refractivity contribution in [2.75, 3.05) is 0 Å². The lowest BCUT2D eigenvalue weighted by molar-refractivity contribution is 0.0166. The van der Waals surface area contributed by atoms with Crippen LogP contribution in [0.1, 0.15) is 60.4 Å². The van der Waals surface area contributed by atoms with E-state index in [1.165, 1.54) is 0 Å². The zero-order valence-electron chi connectivity index (χ0n) is 17.8. The number of H-pyrrole nitrogens is 1. The first-order chi connectivity index (χ1) is 15.5. The van der Waals surface area contributed by atoms with Gasteiger partial charge in [-0.2, -0.15) is 0 Å². The normalized spacial score (nSPS) is 20.9. The van der Waals surface area contributed by atoms with Crippen molar-refractivity contribution < 1.29 is 14.6 Å². The number of fused-ring (bicyclic) bond motifs is 1. The Morgan fingerprint density at radius 3 is 2.53 bits per heavy atom. The number of nitrogens with zero attached hydrogens (tertiary/aromatic N) is 3. The van der Waals surface area contributed by atoms with Gasteiger partial charge in [-0.25, -0.2) is 9.97 Å². The monoisotopic (exact) mass is 428 g/mol.